The van der Waals surface area contributed by atoms with Crippen LogP contribution in [0.25, 0.3) is 0 Å². The summed E-state index contributed by atoms with van der Waals surface area (Å²) in [4.78, 5) is 13.7. The van der Waals surface area contributed by atoms with Crippen molar-refractivity contribution in [2.24, 2.45) is 0 Å². The molecule has 0 N–H and O–H groups in total. The summed E-state index contributed by atoms with van der Waals surface area (Å²) in [6, 6.07) is 0.498. The van der Waals surface area contributed by atoms with E-state index in [4.69, 9.17) is 4.74 Å². The van der Waals surface area contributed by atoms with Crippen LogP contribution in [0.4, 0.5) is 0 Å². The highest BCUT2D eigenvalue weighted by molar-refractivity contribution is 5.66. The second-order valence-corrected chi connectivity index (χ2v) is 5.10. The molecule has 0 bridgehead atoms. The van der Waals surface area contributed by atoms with Crippen molar-refractivity contribution in [2.75, 3.05) is 13.1 Å². The van der Waals surface area contributed by atoms with E-state index in [1.807, 2.05) is 0 Å². The monoisotopic (exact) mass is 225 g/mol. The Kier molecular flexibility index (Phi) is 4.22. The Balaban J connectivity index is 1.94. The molecule has 1 heterocycles. The molecule has 0 radical (unpaired) electrons. The lowest BCUT2D eigenvalue weighted by molar-refractivity contribution is -0.152. The normalized spacial score (nSPS) is 32.3. The highest BCUT2D eigenvalue weighted by Gasteiger charge is 2.32. The molecule has 0 aromatic carbocycles. The minimum atomic E-state index is -0.117. The number of nitrogens with zero attached hydrogens (tertiary/aromatic N) is 1. The predicted octanol–water partition coefficient (Wildman–Crippen LogP) is 2.35. The largest absolute Gasteiger partial charge is 0.461 e. The van der Waals surface area contributed by atoms with Crippen LogP contribution in [-0.2, 0) is 9.53 Å². The number of esters is 1. The number of hydrogen-bond donors (Lipinski definition) is 0. The van der Waals surface area contributed by atoms with Crippen molar-refractivity contribution in [1.82, 2.24) is 4.90 Å². The predicted molar refractivity (Wildman–Crippen MR) is 63.2 cm³/mol. The number of likely N-dealkylation sites (tertiary alicyclic amines) is 1. The van der Waals surface area contributed by atoms with E-state index >= 15 is 0 Å². The topological polar surface area (TPSA) is 29.5 Å². The molecule has 0 aromatic heterocycles. The molecule has 92 valence electrons. The van der Waals surface area contributed by atoms with Crippen molar-refractivity contribution >= 4 is 5.97 Å². The van der Waals surface area contributed by atoms with Gasteiger partial charge in [0.15, 0.2) is 0 Å². The van der Waals surface area contributed by atoms with Crippen molar-refractivity contribution in [3.8, 4) is 0 Å². The maximum Gasteiger partial charge on any atom is 0.302 e. The molecule has 0 aromatic rings. The van der Waals surface area contributed by atoms with Gasteiger partial charge in [-0.15, -0.1) is 0 Å². The smallest absolute Gasteiger partial charge is 0.302 e. The van der Waals surface area contributed by atoms with Crippen molar-refractivity contribution in [3.05, 3.63) is 0 Å². The van der Waals surface area contributed by atoms with Gasteiger partial charge in [-0.25, -0.2) is 0 Å². The van der Waals surface area contributed by atoms with Gasteiger partial charge >= 0.3 is 5.97 Å². The minimum Gasteiger partial charge on any atom is -0.461 e. The number of carbonyl (C=O) groups is 1. The van der Waals surface area contributed by atoms with Gasteiger partial charge in [-0.3, -0.25) is 9.69 Å². The van der Waals surface area contributed by atoms with Crippen molar-refractivity contribution in [2.45, 2.75) is 64.0 Å². The van der Waals surface area contributed by atoms with Gasteiger partial charge in [0.2, 0.25) is 0 Å². The SMILES string of the molecule is CC(=O)OC1CCCCC1N1CCCCC1. The summed E-state index contributed by atoms with van der Waals surface area (Å²) in [5.41, 5.74) is 0. The van der Waals surface area contributed by atoms with Gasteiger partial charge in [-0.1, -0.05) is 12.8 Å². The van der Waals surface area contributed by atoms with Gasteiger partial charge in [-0.05, 0) is 45.2 Å². The number of hydrogen-bond acceptors (Lipinski definition) is 3. The van der Waals surface area contributed by atoms with E-state index < -0.39 is 0 Å². The summed E-state index contributed by atoms with van der Waals surface area (Å²) in [6.07, 6.45) is 8.90. The summed E-state index contributed by atoms with van der Waals surface area (Å²) in [5, 5.41) is 0. The average Bonchev–Trinajstić information content (AvgIpc) is 2.30. The van der Waals surface area contributed by atoms with Crippen molar-refractivity contribution < 1.29 is 9.53 Å². The van der Waals surface area contributed by atoms with Crippen LogP contribution in [0.3, 0.4) is 0 Å². The fraction of sp³-hybridized carbons (Fsp3) is 0.923. The van der Waals surface area contributed by atoms with E-state index in [1.54, 1.807) is 0 Å². The molecule has 2 rings (SSSR count). The van der Waals surface area contributed by atoms with Gasteiger partial charge in [-0.2, -0.15) is 0 Å². The van der Waals surface area contributed by atoms with E-state index in [1.165, 1.54) is 58.5 Å². The lowest BCUT2D eigenvalue weighted by Crippen LogP contribution is -2.49. The molecule has 3 heteroatoms. The van der Waals surface area contributed by atoms with Gasteiger partial charge in [0.1, 0.15) is 6.10 Å². The Morgan fingerprint density at radius 3 is 2.44 bits per heavy atom. The van der Waals surface area contributed by atoms with Crippen molar-refractivity contribution in [1.29, 1.82) is 0 Å². The zero-order valence-corrected chi connectivity index (χ0v) is 10.3. The van der Waals surface area contributed by atoms with Crippen LogP contribution in [0.2, 0.25) is 0 Å². The lowest BCUT2D eigenvalue weighted by Gasteiger charge is -2.41. The maximum atomic E-state index is 11.1. The molecule has 0 spiro atoms. The third kappa shape index (κ3) is 2.97. The summed E-state index contributed by atoms with van der Waals surface area (Å²) in [7, 11) is 0. The maximum absolute atomic E-state index is 11.1. The summed E-state index contributed by atoms with van der Waals surface area (Å²) in [6.45, 7) is 3.92. The first-order valence-electron chi connectivity index (χ1n) is 6.68. The Hall–Kier alpha value is -0.570. The molecule has 16 heavy (non-hydrogen) atoms. The highest BCUT2D eigenvalue weighted by atomic mass is 16.5. The number of rotatable bonds is 2. The molecular weight excluding hydrogens is 202 g/mol. The van der Waals surface area contributed by atoms with Crippen LogP contribution in [0, 0.1) is 0 Å². The first-order chi connectivity index (χ1) is 7.77. The second-order valence-electron chi connectivity index (χ2n) is 5.10. The van der Waals surface area contributed by atoms with Gasteiger partial charge in [0, 0.05) is 13.0 Å². The molecular formula is C13H23NO2. The van der Waals surface area contributed by atoms with Gasteiger partial charge in [0.05, 0.1) is 0 Å². The summed E-state index contributed by atoms with van der Waals surface area (Å²) in [5.74, 6) is -0.117. The average molecular weight is 225 g/mol. The highest BCUT2D eigenvalue weighted by Crippen LogP contribution is 2.27. The Bertz CT molecular complexity index is 236. The molecule has 2 atom stereocenters. The lowest BCUT2D eigenvalue weighted by atomic mass is 9.90. The molecule has 1 saturated carbocycles. The molecule has 1 aliphatic carbocycles. The molecule has 1 aliphatic heterocycles. The van der Waals surface area contributed by atoms with Crippen molar-refractivity contribution in [3.63, 3.8) is 0 Å². The quantitative estimate of drug-likeness (QED) is 0.676. The molecule has 2 unspecified atom stereocenters. The van der Waals surface area contributed by atoms with Crippen LogP contribution in [0.1, 0.15) is 51.9 Å². The standard InChI is InChI=1S/C13H23NO2/c1-11(15)16-13-8-4-3-7-12(13)14-9-5-2-6-10-14/h12-13H,2-10H2,1H3. The molecule has 0 amide bonds. The summed E-state index contributed by atoms with van der Waals surface area (Å²) >= 11 is 0. The van der Waals surface area contributed by atoms with Crippen LogP contribution in [-0.4, -0.2) is 36.1 Å². The first kappa shape index (κ1) is 11.9. The van der Waals surface area contributed by atoms with Crippen LogP contribution >= 0.6 is 0 Å². The molecule has 1 saturated heterocycles. The van der Waals surface area contributed by atoms with Crippen LogP contribution in [0.15, 0.2) is 0 Å². The Morgan fingerprint density at radius 1 is 1.06 bits per heavy atom. The number of carbonyl (C=O) groups excluding carboxylic acids is 1. The summed E-state index contributed by atoms with van der Waals surface area (Å²) < 4.78 is 5.48. The first-order valence-corrected chi connectivity index (χ1v) is 6.68. The van der Waals surface area contributed by atoms with Gasteiger partial charge < -0.3 is 4.74 Å². The zero-order valence-electron chi connectivity index (χ0n) is 10.3. The Labute approximate surface area is 98.1 Å². The Morgan fingerprint density at radius 2 is 1.75 bits per heavy atom. The fourth-order valence-electron chi connectivity index (χ4n) is 3.10. The number of piperidine rings is 1. The van der Waals surface area contributed by atoms with Crippen LogP contribution in [0.5, 0.6) is 0 Å². The third-order valence-electron chi connectivity index (χ3n) is 3.84. The van der Waals surface area contributed by atoms with E-state index in [2.05, 4.69) is 4.90 Å². The zero-order chi connectivity index (χ0) is 11.4. The molecule has 2 fully saturated rings. The van der Waals surface area contributed by atoms with E-state index in [9.17, 15) is 4.79 Å². The van der Waals surface area contributed by atoms with E-state index in [0.717, 1.165) is 6.42 Å². The van der Waals surface area contributed by atoms with E-state index in [0.29, 0.717) is 6.04 Å². The fourth-order valence-corrected chi connectivity index (χ4v) is 3.10. The molecule has 2 aliphatic rings. The van der Waals surface area contributed by atoms with Gasteiger partial charge in [0.25, 0.3) is 0 Å². The minimum absolute atomic E-state index is 0.117. The van der Waals surface area contributed by atoms with Crippen LogP contribution < -0.4 is 0 Å². The second kappa shape index (κ2) is 5.67. The number of ether oxygens (including phenoxy) is 1. The van der Waals surface area contributed by atoms with E-state index in [-0.39, 0.29) is 12.1 Å². The molecule has 3 nitrogen and oxygen atoms in total. The third-order valence-corrected chi connectivity index (χ3v) is 3.84.